The van der Waals surface area contributed by atoms with Crippen molar-refractivity contribution in [1.29, 1.82) is 0 Å². The van der Waals surface area contributed by atoms with Gasteiger partial charge in [-0.3, -0.25) is 14.3 Å². The Morgan fingerprint density at radius 3 is 2.58 bits per heavy atom. The third-order valence-corrected chi connectivity index (χ3v) is 6.10. The van der Waals surface area contributed by atoms with Gasteiger partial charge in [0.25, 0.3) is 5.91 Å². The molecule has 0 radical (unpaired) electrons. The molecule has 0 bridgehead atoms. The molecule has 4 heterocycles. The number of aromatic nitrogens is 4. The first-order valence-corrected chi connectivity index (χ1v) is 12.5. The van der Waals surface area contributed by atoms with Crippen LogP contribution in [0.2, 0.25) is 0 Å². The van der Waals surface area contributed by atoms with E-state index in [1.165, 1.54) is 10.9 Å². The number of hydrogen-bond acceptors (Lipinski definition) is 11. The minimum absolute atomic E-state index is 0.0948. The predicted molar refractivity (Wildman–Crippen MR) is 135 cm³/mol. The fourth-order valence-electron chi connectivity index (χ4n) is 4.21. The number of nitrogens with one attached hydrogen (secondary N) is 1. The molecule has 2 fully saturated rings. The summed E-state index contributed by atoms with van der Waals surface area (Å²) in [5, 5.41) is 23.5. The Bertz CT molecular complexity index is 1240. The zero-order chi connectivity index (χ0) is 27.6. The van der Waals surface area contributed by atoms with Crippen LogP contribution in [0.4, 0.5) is 10.6 Å². The number of amides is 2. The molecular weight excluding hydrogens is 496 g/mol. The van der Waals surface area contributed by atoms with Crippen LogP contribution in [0.5, 0.6) is 0 Å². The van der Waals surface area contributed by atoms with Crippen molar-refractivity contribution in [1.82, 2.24) is 34.6 Å². The maximum Gasteiger partial charge on any atom is 0.410 e. The summed E-state index contributed by atoms with van der Waals surface area (Å²) in [6, 6.07) is 0. The van der Waals surface area contributed by atoms with Gasteiger partial charge < -0.3 is 35.6 Å². The van der Waals surface area contributed by atoms with Gasteiger partial charge in [0.05, 0.1) is 12.9 Å². The monoisotopic (exact) mass is 530 g/mol. The van der Waals surface area contributed by atoms with Crippen molar-refractivity contribution in [2.45, 2.75) is 57.8 Å². The Labute approximate surface area is 220 Å². The van der Waals surface area contributed by atoms with Crippen LogP contribution in [0.3, 0.4) is 0 Å². The maximum absolute atomic E-state index is 12.2. The molecule has 0 saturated carbocycles. The molecule has 0 aromatic carbocycles. The number of carbonyl (C=O) groups excluding carboxylic acids is 2. The quantitative estimate of drug-likeness (QED) is 0.358. The number of hydrogen-bond donors (Lipinski definition) is 4. The van der Waals surface area contributed by atoms with Crippen molar-refractivity contribution in [3.8, 4) is 11.8 Å². The molecule has 14 nitrogen and oxygen atoms in total. The standard InChI is InChI=1S/C24H34N8O6/c1-5-26-21(35)18-16(33)17(34)22(37-18)32-13-27-15-19(25)28-14(29-20(15)32)7-6-8-30-9-11-31(12-10-30)23(36)38-24(2,3)4/h13,16-18,22,33-34H,5,8-12H2,1-4H3,(H,26,35)(H2,25,28,29). The average molecular weight is 531 g/mol. The van der Waals surface area contributed by atoms with Crippen LogP contribution in [0.25, 0.3) is 11.2 Å². The highest BCUT2D eigenvalue weighted by atomic mass is 16.6. The number of likely N-dealkylation sites (N-methyl/N-ethyl adjacent to an activating group) is 1. The van der Waals surface area contributed by atoms with Gasteiger partial charge in [-0.1, -0.05) is 5.92 Å². The summed E-state index contributed by atoms with van der Waals surface area (Å²) in [4.78, 5) is 41.1. The van der Waals surface area contributed by atoms with Gasteiger partial charge in [0.1, 0.15) is 23.3 Å². The molecule has 4 unspecified atom stereocenters. The van der Waals surface area contributed by atoms with E-state index in [-0.39, 0.29) is 28.9 Å². The number of fused-ring (bicyclic) bond motifs is 1. The van der Waals surface area contributed by atoms with Crippen LogP contribution in [0.1, 0.15) is 39.7 Å². The van der Waals surface area contributed by atoms with E-state index in [0.717, 1.165) is 0 Å². The molecule has 2 aliphatic heterocycles. The third kappa shape index (κ3) is 5.97. The normalized spacial score (nSPS) is 24.2. The molecule has 4 atom stereocenters. The fourth-order valence-corrected chi connectivity index (χ4v) is 4.21. The van der Waals surface area contributed by atoms with E-state index in [4.69, 9.17) is 15.2 Å². The van der Waals surface area contributed by atoms with Gasteiger partial charge >= 0.3 is 6.09 Å². The van der Waals surface area contributed by atoms with Crippen molar-refractivity contribution in [2.75, 3.05) is 45.0 Å². The van der Waals surface area contributed by atoms with Gasteiger partial charge in [-0.05, 0) is 33.6 Å². The first-order chi connectivity index (χ1) is 18.0. The van der Waals surface area contributed by atoms with E-state index in [2.05, 4.69) is 37.0 Å². The maximum atomic E-state index is 12.2. The van der Waals surface area contributed by atoms with E-state index in [1.807, 2.05) is 20.8 Å². The number of nitrogen functional groups attached to an aromatic ring is 1. The topological polar surface area (TPSA) is 181 Å². The number of aliphatic hydroxyl groups is 2. The van der Waals surface area contributed by atoms with Gasteiger partial charge in [-0.15, -0.1) is 0 Å². The van der Waals surface area contributed by atoms with Crippen LogP contribution in [0.15, 0.2) is 6.33 Å². The van der Waals surface area contributed by atoms with E-state index in [0.29, 0.717) is 39.3 Å². The average Bonchev–Trinajstić information content (AvgIpc) is 3.40. The summed E-state index contributed by atoms with van der Waals surface area (Å²) in [6.07, 6.45) is -4.15. The lowest BCUT2D eigenvalue weighted by atomic mass is 10.1. The summed E-state index contributed by atoms with van der Waals surface area (Å²) in [7, 11) is 0. The second kappa shape index (κ2) is 11.1. The summed E-state index contributed by atoms with van der Waals surface area (Å²) < 4.78 is 12.5. The van der Waals surface area contributed by atoms with Gasteiger partial charge in [-0.25, -0.2) is 19.7 Å². The van der Waals surface area contributed by atoms with Crippen molar-refractivity contribution in [2.24, 2.45) is 0 Å². The molecule has 4 rings (SSSR count). The Balaban J connectivity index is 1.43. The Morgan fingerprint density at radius 2 is 1.92 bits per heavy atom. The molecule has 2 aromatic rings. The fraction of sp³-hybridized carbons (Fsp3) is 0.625. The van der Waals surface area contributed by atoms with Crippen LogP contribution in [-0.4, -0.2) is 115 Å². The van der Waals surface area contributed by atoms with Gasteiger partial charge in [0, 0.05) is 32.7 Å². The second-order valence-corrected chi connectivity index (χ2v) is 10.1. The number of carbonyl (C=O) groups is 2. The molecule has 206 valence electrons. The molecule has 38 heavy (non-hydrogen) atoms. The summed E-state index contributed by atoms with van der Waals surface area (Å²) in [5.41, 5.74) is 6.07. The van der Waals surface area contributed by atoms with E-state index in [1.54, 1.807) is 11.8 Å². The smallest absolute Gasteiger partial charge is 0.410 e. The SMILES string of the molecule is CCNC(=O)C1OC(n2cnc3c(N)nc(C#CCN4CCN(C(=O)OC(C)(C)C)CC4)nc32)C(O)C1O. The molecule has 2 amide bonds. The number of anilines is 1. The number of piperazine rings is 1. The summed E-state index contributed by atoms with van der Waals surface area (Å²) >= 11 is 0. The number of nitrogens with two attached hydrogens (primary N) is 1. The van der Waals surface area contributed by atoms with Crippen molar-refractivity contribution >= 4 is 29.0 Å². The third-order valence-electron chi connectivity index (χ3n) is 6.10. The molecule has 2 saturated heterocycles. The summed E-state index contributed by atoms with van der Waals surface area (Å²) in [6.45, 7) is 10.4. The molecular formula is C24H34N8O6. The summed E-state index contributed by atoms with van der Waals surface area (Å²) in [5.74, 6) is 5.66. The molecule has 14 heteroatoms. The van der Waals surface area contributed by atoms with Crippen LogP contribution >= 0.6 is 0 Å². The van der Waals surface area contributed by atoms with Crippen LogP contribution in [0, 0.1) is 11.8 Å². The van der Waals surface area contributed by atoms with E-state index >= 15 is 0 Å². The Morgan fingerprint density at radius 1 is 1.21 bits per heavy atom. The van der Waals surface area contributed by atoms with Gasteiger partial charge in [0.15, 0.2) is 23.8 Å². The highest BCUT2D eigenvalue weighted by Gasteiger charge is 2.47. The minimum Gasteiger partial charge on any atom is -0.444 e. The molecule has 0 spiro atoms. The van der Waals surface area contributed by atoms with E-state index in [9.17, 15) is 19.8 Å². The Hall–Kier alpha value is -3.51. The number of nitrogens with zero attached hydrogens (tertiary/aromatic N) is 6. The largest absolute Gasteiger partial charge is 0.444 e. The van der Waals surface area contributed by atoms with E-state index < -0.39 is 36.0 Å². The van der Waals surface area contributed by atoms with Crippen LogP contribution < -0.4 is 11.1 Å². The predicted octanol–water partition coefficient (Wildman–Crippen LogP) is -0.932. The zero-order valence-electron chi connectivity index (χ0n) is 21.9. The first-order valence-electron chi connectivity index (χ1n) is 12.5. The number of ether oxygens (including phenoxy) is 2. The highest BCUT2D eigenvalue weighted by Crippen LogP contribution is 2.32. The number of aliphatic hydroxyl groups excluding tert-OH is 2. The lowest BCUT2D eigenvalue weighted by Crippen LogP contribution is -2.50. The molecule has 0 aliphatic carbocycles. The van der Waals surface area contributed by atoms with Gasteiger partial charge in [-0.2, -0.15) is 0 Å². The molecule has 5 N–H and O–H groups in total. The van der Waals surface area contributed by atoms with Crippen LogP contribution in [-0.2, 0) is 14.3 Å². The van der Waals surface area contributed by atoms with Gasteiger partial charge in [0.2, 0.25) is 5.82 Å². The number of rotatable bonds is 4. The molecule has 2 aliphatic rings. The second-order valence-electron chi connectivity index (χ2n) is 10.1. The number of imidazole rings is 1. The first kappa shape index (κ1) is 27.5. The van der Waals surface area contributed by atoms with Crippen molar-refractivity contribution in [3.05, 3.63) is 12.2 Å². The minimum atomic E-state index is -1.43. The Kier molecular flexibility index (Phi) is 8.02. The van der Waals surface area contributed by atoms with Crippen molar-refractivity contribution in [3.63, 3.8) is 0 Å². The lowest BCUT2D eigenvalue weighted by molar-refractivity contribution is -0.137. The zero-order valence-corrected chi connectivity index (χ0v) is 21.9. The van der Waals surface area contributed by atoms with Crippen molar-refractivity contribution < 1.29 is 29.3 Å². The molecule has 2 aromatic heterocycles. The lowest BCUT2D eigenvalue weighted by Gasteiger charge is -2.34. The highest BCUT2D eigenvalue weighted by molar-refractivity contribution is 5.83.